The lowest BCUT2D eigenvalue weighted by atomic mass is 9.82. The predicted octanol–water partition coefficient (Wildman–Crippen LogP) is 0.271. The molecule has 0 saturated heterocycles. The lowest BCUT2D eigenvalue weighted by Gasteiger charge is -2.30. The number of aliphatic hydroxyl groups is 2. The van der Waals surface area contributed by atoms with Crippen molar-refractivity contribution in [3.8, 4) is 0 Å². The van der Waals surface area contributed by atoms with Gasteiger partial charge < -0.3 is 21.7 Å². The second-order valence-corrected chi connectivity index (χ2v) is 5.81. The van der Waals surface area contributed by atoms with Gasteiger partial charge in [0.25, 0.3) is 0 Å². The fourth-order valence-electron chi connectivity index (χ4n) is 2.62. The van der Waals surface area contributed by atoms with Crippen molar-refractivity contribution in [1.29, 1.82) is 0 Å². The van der Waals surface area contributed by atoms with Gasteiger partial charge in [0.2, 0.25) is 5.91 Å². The van der Waals surface area contributed by atoms with E-state index in [-0.39, 0.29) is 6.42 Å². The molecule has 18 heavy (non-hydrogen) atoms. The van der Waals surface area contributed by atoms with Gasteiger partial charge in [0.15, 0.2) is 0 Å². The first kappa shape index (κ1) is 15.4. The second-order valence-electron chi connectivity index (χ2n) is 5.81. The third-order valence-electron chi connectivity index (χ3n) is 3.96. The van der Waals surface area contributed by atoms with Gasteiger partial charge in [-0.1, -0.05) is 32.1 Å². The smallest absolute Gasteiger partial charge is 0.249 e. The van der Waals surface area contributed by atoms with E-state index in [9.17, 15) is 15.0 Å². The van der Waals surface area contributed by atoms with Crippen molar-refractivity contribution in [2.24, 2.45) is 17.4 Å². The SMILES string of the molecule is CC(O)(CC(O)C(N)CC1CCCCC1)C(N)=O. The molecule has 0 aromatic heterocycles. The zero-order chi connectivity index (χ0) is 13.8. The van der Waals surface area contributed by atoms with Crippen molar-refractivity contribution in [1.82, 2.24) is 0 Å². The maximum atomic E-state index is 11.0. The molecule has 6 N–H and O–H groups in total. The van der Waals surface area contributed by atoms with E-state index in [2.05, 4.69) is 0 Å². The Morgan fingerprint density at radius 2 is 1.94 bits per heavy atom. The van der Waals surface area contributed by atoms with Crippen LogP contribution in [0.2, 0.25) is 0 Å². The molecular weight excluding hydrogens is 232 g/mol. The molecule has 106 valence electrons. The fraction of sp³-hybridized carbons (Fsp3) is 0.923. The summed E-state index contributed by atoms with van der Waals surface area (Å²) in [4.78, 5) is 11.0. The van der Waals surface area contributed by atoms with Gasteiger partial charge >= 0.3 is 0 Å². The molecule has 5 heteroatoms. The van der Waals surface area contributed by atoms with Crippen LogP contribution in [0.1, 0.15) is 51.9 Å². The lowest BCUT2D eigenvalue weighted by Crippen LogP contribution is -2.48. The first-order valence-electron chi connectivity index (χ1n) is 6.79. The highest BCUT2D eigenvalue weighted by molar-refractivity contribution is 5.82. The normalized spacial score (nSPS) is 24.2. The highest BCUT2D eigenvalue weighted by atomic mass is 16.3. The Labute approximate surface area is 109 Å². The summed E-state index contributed by atoms with van der Waals surface area (Å²) in [5.41, 5.74) is 9.31. The van der Waals surface area contributed by atoms with Crippen molar-refractivity contribution in [2.45, 2.75) is 69.6 Å². The summed E-state index contributed by atoms with van der Waals surface area (Å²) in [6.07, 6.45) is 5.81. The maximum Gasteiger partial charge on any atom is 0.249 e. The Bertz CT molecular complexity index is 275. The van der Waals surface area contributed by atoms with Crippen LogP contribution in [0.4, 0.5) is 0 Å². The fourth-order valence-corrected chi connectivity index (χ4v) is 2.62. The molecule has 3 atom stereocenters. The minimum Gasteiger partial charge on any atom is -0.391 e. The van der Waals surface area contributed by atoms with Crippen LogP contribution in [0.25, 0.3) is 0 Å². The number of hydrogen-bond acceptors (Lipinski definition) is 4. The van der Waals surface area contributed by atoms with Crippen LogP contribution >= 0.6 is 0 Å². The molecule has 3 unspecified atom stereocenters. The number of rotatable bonds is 6. The molecule has 1 saturated carbocycles. The van der Waals surface area contributed by atoms with Crippen LogP contribution in [0.3, 0.4) is 0 Å². The highest BCUT2D eigenvalue weighted by Gasteiger charge is 2.33. The Kier molecular flexibility index (Phi) is 5.56. The molecule has 1 aliphatic rings. The lowest BCUT2D eigenvalue weighted by molar-refractivity contribution is -0.137. The molecule has 5 nitrogen and oxygen atoms in total. The van der Waals surface area contributed by atoms with Crippen molar-refractivity contribution in [3.05, 3.63) is 0 Å². The van der Waals surface area contributed by atoms with Crippen LogP contribution in [0.15, 0.2) is 0 Å². The van der Waals surface area contributed by atoms with Gasteiger partial charge in [-0.15, -0.1) is 0 Å². The van der Waals surface area contributed by atoms with Crippen molar-refractivity contribution in [2.75, 3.05) is 0 Å². The standard InChI is InChI=1S/C13H26N2O3/c1-13(18,12(15)17)8-11(16)10(14)7-9-5-3-2-4-6-9/h9-11,16,18H,2-8,14H2,1H3,(H2,15,17). The van der Waals surface area contributed by atoms with Gasteiger partial charge in [-0.05, 0) is 19.3 Å². The third kappa shape index (κ3) is 4.55. The van der Waals surface area contributed by atoms with E-state index in [1.165, 1.54) is 26.2 Å². The van der Waals surface area contributed by atoms with Crippen LogP contribution in [0, 0.1) is 5.92 Å². The minimum absolute atomic E-state index is 0.101. The summed E-state index contributed by atoms with van der Waals surface area (Å²) < 4.78 is 0. The van der Waals surface area contributed by atoms with Crippen LogP contribution < -0.4 is 11.5 Å². The van der Waals surface area contributed by atoms with E-state index in [1.807, 2.05) is 0 Å². The van der Waals surface area contributed by atoms with Gasteiger partial charge in [0.05, 0.1) is 6.10 Å². The number of carbonyl (C=O) groups is 1. The molecule has 0 aromatic carbocycles. The molecule has 0 heterocycles. The molecule has 0 aromatic rings. The summed E-state index contributed by atoms with van der Waals surface area (Å²) in [6.45, 7) is 1.31. The molecule has 0 radical (unpaired) electrons. The number of hydrogen-bond donors (Lipinski definition) is 4. The quantitative estimate of drug-likeness (QED) is 0.548. The van der Waals surface area contributed by atoms with Gasteiger partial charge in [0.1, 0.15) is 5.60 Å². The van der Waals surface area contributed by atoms with E-state index >= 15 is 0 Å². The number of primary amides is 1. The highest BCUT2D eigenvalue weighted by Crippen LogP contribution is 2.28. The van der Waals surface area contributed by atoms with Gasteiger partial charge in [-0.3, -0.25) is 4.79 Å². The number of amides is 1. The predicted molar refractivity (Wildman–Crippen MR) is 69.6 cm³/mol. The van der Waals surface area contributed by atoms with Crippen LogP contribution in [-0.4, -0.2) is 33.9 Å². The van der Waals surface area contributed by atoms with E-state index in [0.717, 1.165) is 19.3 Å². The molecular formula is C13H26N2O3. The Morgan fingerprint density at radius 3 is 2.44 bits per heavy atom. The van der Waals surface area contributed by atoms with Crippen molar-refractivity contribution < 1.29 is 15.0 Å². The Balaban J connectivity index is 2.40. The molecule has 1 amide bonds. The van der Waals surface area contributed by atoms with E-state index in [0.29, 0.717) is 5.92 Å². The van der Waals surface area contributed by atoms with E-state index < -0.39 is 23.7 Å². The van der Waals surface area contributed by atoms with Gasteiger partial charge in [-0.2, -0.15) is 0 Å². The number of aliphatic hydroxyl groups excluding tert-OH is 1. The molecule has 1 rings (SSSR count). The number of carbonyl (C=O) groups excluding carboxylic acids is 1. The Morgan fingerprint density at radius 1 is 1.39 bits per heavy atom. The summed E-state index contributed by atoms with van der Waals surface area (Å²) in [6, 6.07) is -0.404. The minimum atomic E-state index is -1.69. The first-order valence-corrected chi connectivity index (χ1v) is 6.79. The molecule has 0 aliphatic heterocycles. The molecule has 1 fully saturated rings. The zero-order valence-electron chi connectivity index (χ0n) is 11.1. The number of nitrogens with two attached hydrogens (primary N) is 2. The Hall–Kier alpha value is -0.650. The monoisotopic (exact) mass is 258 g/mol. The largest absolute Gasteiger partial charge is 0.391 e. The van der Waals surface area contributed by atoms with Crippen LogP contribution in [-0.2, 0) is 4.79 Å². The van der Waals surface area contributed by atoms with E-state index in [1.54, 1.807) is 0 Å². The van der Waals surface area contributed by atoms with Gasteiger partial charge in [0, 0.05) is 12.5 Å². The van der Waals surface area contributed by atoms with E-state index in [4.69, 9.17) is 11.5 Å². The summed E-state index contributed by atoms with van der Waals surface area (Å²) >= 11 is 0. The third-order valence-corrected chi connectivity index (χ3v) is 3.96. The second kappa shape index (κ2) is 6.50. The summed E-state index contributed by atoms with van der Waals surface area (Å²) in [5.74, 6) is -0.270. The average molecular weight is 258 g/mol. The van der Waals surface area contributed by atoms with Crippen molar-refractivity contribution in [3.63, 3.8) is 0 Å². The molecule has 0 spiro atoms. The van der Waals surface area contributed by atoms with Crippen molar-refractivity contribution >= 4 is 5.91 Å². The summed E-state index contributed by atoms with van der Waals surface area (Å²) in [5, 5.41) is 19.7. The van der Waals surface area contributed by atoms with Gasteiger partial charge in [-0.25, -0.2) is 0 Å². The molecule has 1 aliphatic carbocycles. The molecule has 0 bridgehead atoms. The zero-order valence-corrected chi connectivity index (χ0v) is 11.1. The average Bonchev–Trinajstić information content (AvgIpc) is 2.29. The topological polar surface area (TPSA) is 110 Å². The summed E-state index contributed by atoms with van der Waals surface area (Å²) in [7, 11) is 0. The first-order chi connectivity index (χ1) is 8.33. The van der Waals surface area contributed by atoms with Crippen LogP contribution in [0.5, 0.6) is 0 Å². The maximum absolute atomic E-state index is 11.0.